The Morgan fingerprint density at radius 2 is 2.00 bits per heavy atom. The molecule has 1 N–H and O–H groups in total. The molecule has 0 radical (unpaired) electrons. The van der Waals surface area contributed by atoms with Crippen LogP contribution in [0.5, 0.6) is 0 Å². The van der Waals surface area contributed by atoms with E-state index in [0.717, 1.165) is 17.0 Å². The number of hydrogen-bond acceptors (Lipinski definition) is 5. The fourth-order valence-corrected chi connectivity index (χ4v) is 2.53. The predicted octanol–water partition coefficient (Wildman–Crippen LogP) is 1.69. The Bertz CT molecular complexity index is 632. The standard InChI is InChI=1S/C19H26N2O5/c1-21(24-2)19(23)17-10-5-6-11-25-12-7-13-26-14-15-8-3-4-9-16(15)18(22)20-17/h3-6,8-9,17H,7,10-14H2,1-2H3,(H,20,22)/b6-5-. The van der Waals surface area contributed by atoms with Crippen LogP contribution in [0.1, 0.15) is 28.8 Å². The van der Waals surface area contributed by atoms with Gasteiger partial charge in [0.05, 0.1) is 20.3 Å². The number of nitrogens with zero attached hydrogens (tertiary/aromatic N) is 1. The van der Waals surface area contributed by atoms with Gasteiger partial charge in [0.2, 0.25) is 0 Å². The quantitative estimate of drug-likeness (QED) is 0.640. The van der Waals surface area contributed by atoms with Crippen LogP contribution in [0.2, 0.25) is 0 Å². The number of nitrogens with one attached hydrogen (secondary N) is 1. The average molecular weight is 362 g/mol. The second-order valence-electron chi connectivity index (χ2n) is 5.89. The van der Waals surface area contributed by atoms with Crippen LogP contribution < -0.4 is 5.32 Å². The van der Waals surface area contributed by atoms with Crippen LogP contribution in [-0.2, 0) is 25.7 Å². The van der Waals surface area contributed by atoms with Crippen molar-refractivity contribution >= 4 is 11.8 Å². The average Bonchev–Trinajstić information content (AvgIpc) is 2.67. The fourth-order valence-electron chi connectivity index (χ4n) is 2.53. The summed E-state index contributed by atoms with van der Waals surface area (Å²) in [5.41, 5.74) is 1.28. The first-order valence-corrected chi connectivity index (χ1v) is 8.64. The van der Waals surface area contributed by atoms with Gasteiger partial charge in [0.15, 0.2) is 0 Å². The van der Waals surface area contributed by atoms with Crippen molar-refractivity contribution in [3.8, 4) is 0 Å². The van der Waals surface area contributed by atoms with Crippen LogP contribution in [0.25, 0.3) is 0 Å². The number of fused-ring (bicyclic) bond motifs is 1. The topological polar surface area (TPSA) is 77.1 Å². The second kappa shape index (κ2) is 10.7. The molecule has 1 heterocycles. The summed E-state index contributed by atoms with van der Waals surface area (Å²) in [7, 11) is 2.92. The molecular weight excluding hydrogens is 336 g/mol. The molecule has 1 aromatic rings. The van der Waals surface area contributed by atoms with Crippen molar-refractivity contribution in [2.45, 2.75) is 25.5 Å². The Hall–Kier alpha value is -2.22. The summed E-state index contributed by atoms with van der Waals surface area (Å²) < 4.78 is 11.1. The van der Waals surface area contributed by atoms with E-state index in [1.807, 2.05) is 24.3 Å². The zero-order valence-electron chi connectivity index (χ0n) is 15.3. The lowest BCUT2D eigenvalue weighted by atomic mass is 10.1. The molecule has 142 valence electrons. The first kappa shape index (κ1) is 20.1. The van der Waals surface area contributed by atoms with Crippen molar-refractivity contribution in [2.75, 3.05) is 34.0 Å². The van der Waals surface area contributed by atoms with E-state index in [-0.39, 0.29) is 11.8 Å². The maximum Gasteiger partial charge on any atom is 0.268 e. The molecule has 2 amide bonds. The van der Waals surface area contributed by atoms with Crippen LogP contribution in [0, 0.1) is 0 Å². The van der Waals surface area contributed by atoms with Crippen molar-refractivity contribution in [1.29, 1.82) is 0 Å². The monoisotopic (exact) mass is 362 g/mol. The summed E-state index contributed by atoms with van der Waals surface area (Å²) in [6.07, 6.45) is 4.80. The molecule has 0 aliphatic carbocycles. The zero-order valence-corrected chi connectivity index (χ0v) is 15.3. The summed E-state index contributed by atoms with van der Waals surface area (Å²) in [5.74, 6) is -0.643. The second-order valence-corrected chi connectivity index (χ2v) is 5.89. The molecule has 7 nitrogen and oxygen atoms in total. The molecule has 1 atom stereocenters. The highest BCUT2D eigenvalue weighted by atomic mass is 16.7. The molecule has 1 unspecified atom stereocenters. The van der Waals surface area contributed by atoms with Gasteiger partial charge in [-0.1, -0.05) is 30.4 Å². The Morgan fingerprint density at radius 1 is 1.23 bits per heavy atom. The minimum Gasteiger partial charge on any atom is -0.377 e. The van der Waals surface area contributed by atoms with Gasteiger partial charge in [-0.25, -0.2) is 5.06 Å². The van der Waals surface area contributed by atoms with Gasteiger partial charge in [-0.15, -0.1) is 0 Å². The lowest BCUT2D eigenvalue weighted by molar-refractivity contribution is -0.170. The number of benzene rings is 1. The van der Waals surface area contributed by atoms with Crippen LogP contribution >= 0.6 is 0 Å². The number of hydrogen-bond donors (Lipinski definition) is 1. The largest absolute Gasteiger partial charge is 0.377 e. The number of likely N-dealkylation sites (N-methyl/N-ethyl adjacent to an activating group) is 1. The Kier molecular flexibility index (Phi) is 8.27. The maximum absolute atomic E-state index is 12.7. The van der Waals surface area contributed by atoms with Gasteiger partial charge in [-0.2, -0.15) is 0 Å². The van der Waals surface area contributed by atoms with Gasteiger partial charge in [-0.3, -0.25) is 14.4 Å². The number of carbonyl (C=O) groups is 2. The highest BCUT2D eigenvalue weighted by molar-refractivity contribution is 5.98. The van der Waals surface area contributed by atoms with E-state index in [4.69, 9.17) is 14.3 Å². The van der Waals surface area contributed by atoms with Gasteiger partial charge >= 0.3 is 0 Å². The van der Waals surface area contributed by atoms with Crippen molar-refractivity contribution in [1.82, 2.24) is 10.4 Å². The molecule has 0 spiro atoms. The molecule has 0 saturated carbocycles. The summed E-state index contributed by atoms with van der Waals surface area (Å²) in [6.45, 7) is 1.94. The third kappa shape index (κ3) is 5.94. The fraction of sp³-hybridized carbons (Fsp3) is 0.474. The van der Waals surface area contributed by atoms with E-state index in [2.05, 4.69) is 5.32 Å². The van der Waals surface area contributed by atoms with Gasteiger partial charge in [-0.05, 0) is 24.5 Å². The van der Waals surface area contributed by atoms with E-state index in [0.29, 0.717) is 38.4 Å². The first-order chi connectivity index (χ1) is 12.6. The summed E-state index contributed by atoms with van der Waals surface area (Å²) in [6, 6.07) is 6.49. The van der Waals surface area contributed by atoms with Gasteiger partial charge in [0.25, 0.3) is 11.8 Å². The van der Waals surface area contributed by atoms with E-state index in [1.165, 1.54) is 14.2 Å². The molecule has 0 aromatic heterocycles. The minimum atomic E-state index is -0.734. The van der Waals surface area contributed by atoms with Crippen molar-refractivity contribution in [3.05, 3.63) is 47.5 Å². The van der Waals surface area contributed by atoms with Crippen LogP contribution in [-0.4, -0.2) is 56.9 Å². The third-order valence-electron chi connectivity index (χ3n) is 4.04. The lowest BCUT2D eigenvalue weighted by Gasteiger charge is -2.22. The summed E-state index contributed by atoms with van der Waals surface area (Å²) >= 11 is 0. The Balaban J connectivity index is 2.22. The number of amides is 2. The van der Waals surface area contributed by atoms with Crippen molar-refractivity contribution in [3.63, 3.8) is 0 Å². The summed E-state index contributed by atoms with van der Waals surface area (Å²) in [5, 5.41) is 3.91. The van der Waals surface area contributed by atoms with E-state index in [1.54, 1.807) is 12.1 Å². The SMILES string of the molecule is CON(C)C(=O)C1C/C=C\COCCCOCc2ccccc2C(=O)N1. The molecule has 2 rings (SSSR count). The van der Waals surface area contributed by atoms with Gasteiger partial charge in [0, 0.05) is 25.8 Å². The van der Waals surface area contributed by atoms with E-state index >= 15 is 0 Å². The van der Waals surface area contributed by atoms with Crippen molar-refractivity contribution < 1.29 is 23.9 Å². The lowest BCUT2D eigenvalue weighted by Crippen LogP contribution is -2.47. The van der Waals surface area contributed by atoms with Crippen LogP contribution in [0.4, 0.5) is 0 Å². The maximum atomic E-state index is 12.7. The Labute approximate surface area is 153 Å². The summed E-state index contributed by atoms with van der Waals surface area (Å²) in [4.78, 5) is 30.2. The molecule has 1 aromatic carbocycles. The number of rotatable bonds is 2. The predicted molar refractivity (Wildman–Crippen MR) is 96.3 cm³/mol. The molecular formula is C19H26N2O5. The van der Waals surface area contributed by atoms with Crippen LogP contribution in [0.3, 0.4) is 0 Å². The Morgan fingerprint density at radius 3 is 2.81 bits per heavy atom. The molecule has 0 fully saturated rings. The molecule has 26 heavy (non-hydrogen) atoms. The van der Waals surface area contributed by atoms with Gasteiger partial charge < -0.3 is 14.8 Å². The molecule has 1 aliphatic heterocycles. The molecule has 7 heteroatoms. The van der Waals surface area contributed by atoms with Gasteiger partial charge in [0.1, 0.15) is 6.04 Å². The third-order valence-corrected chi connectivity index (χ3v) is 4.04. The zero-order chi connectivity index (χ0) is 18.8. The smallest absolute Gasteiger partial charge is 0.268 e. The highest BCUT2D eigenvalue weighted by Gasteiger charge is 2.24. The van der Waals surface area contributed by atoms with E-state index in [9.17, 15) is 9.59 Å². The highest BCUT2D eigenvalue weighted by Crippen LogP contribution is 2.12. The number of hydroxylamine groups is 2. The molecule has 0 bridgehead atoms. The normalized spacial score (nSPS) is 20.8. The number of carbonyl (C=O) groups excluding carboxylic acids is 2. The minimum absolute atomic E-state index is 0.313. The number of ether oxygens (including phenoxy) is 2. The molecule has 0 saturated heterocycles. The first-order valence-electron chi connectivity index (χ1n) is 8.64. The van der Waals surface area contributed by atoms with Crippen molar-refractivity contribution in [2.24, 2.45) is 0 Å². The molecule has 1 aliphatic rings. The van der Waals surface area contributed by atoms with E-state index < -0.39 is 6.04 Å². The van der Waals surface area contributed by atoms with Crippen LogP contribution in [0.15, 0.2) is 36.4 Å².